The van der Waals surface area contributed by atoms with Crippen LogP contribution in [-0.2, 0) is 9.53 Å². The number of nitrogens with two attached hydrogens (primary N) is 1. The Balaban J connectivity index is 1.60. The molecule has 4 rings (SSSR count). The number of rotatable bonds is 7. The molecule has 0 heterocycles. The molecule has 0 radical (unpaired) electrons. The van der Waals surface area contributed by atoms with E-state index in [2.05, 4.69) is 10.6 Å². The van der Waals surface area contributed by atoms with Crippen molar-refractivity contribution in [3.05, 3.63) is 108 Å². The Morgan fingerprint density at radius 3 is 2.30 bits per heavy atom. The topological polar surface area (TPSA) is 114 Å². The lowest BCUT2D eigenvalue weighted by Crippen LogP contribution is -2.22. The lowest BCUT2D eigenvalue weighted by atomic mass is 9.92. The van der Waals surface area contributed by atoms with Gasteiger partial charge < -0.3 is 20.9 Å². The van der Waals surface area contributed by atoms with E-state index in [1.165, 1.54) is 6.08 Å². The van der Waals surface area contributed by atoms with E-state index in [4.69, 9.17) is 10.5 Å². The Morgan fingerprint density at radius 1 is 0.892 bits per heavy atom. The Morgan fingerprint density at radius 2 is 1.57 bits per heavy atom. The van der Waals surface area contributed by atoms with E-state index in [0.29, 0.717) is 28.0 Å². The van der Waals surface area contributed by atoms with Gasteiger partial charge in [0.1, 0.15) is 11.9 Å². The summed E-state index contributed by atoms with van der Waals surface area (Å²) in [6.07, 6.45) is 1.70. The second-order valence-electron chi connectivity index (χ2n) is 8.83. The standard InChI is InChI=1S/C30H29N3O4/c1-19-11-14-21(15-12-19)32-30(36)37-29(24-16-17-27(34)23-8-4-3-7-22(23)24)20(2)13-18-28(35)33-26-10-6-5-9-25(26)31/h3-18,20,29,34H,31H2,1-2H3,(H,32,36)(H,33,35)/b18-13+/t20-,29-/m1/s1. The monoisotopic (exact) mass is 495 g/mol. The Kier molecular flexibility index (Phi) is 7.74. The van der Waals surface area contributed by atoms with Crippen LogP contribution >= 0.6 is 0 Å². The Hall–Kier alpha value is -4.78. The Bertz CT molecular complexity index is 1450. The molecule has 2 atom stereocenters. The van der Waals surface area contributed by atoms with Crippen LogP contribution in [0.4, 0.5) is 21.9 Å². The number of aromatic hydroxyl groups is 1. The van der Waals surface area contributed by atoms with E-state index in [-0.39, 0.29) is 11.7 Å². The first-order valence-corrected chi connectivity index (χ1v) is 11.9. The fraction of sp³-hybridized carbons (Fsp3) is 0.133. The minimum absolute atomic E-state index is 0.130. The number of phenols is 1. The first kappa shape index (κ1) is 25.3. The molecule has 37 heavy (non-hydrogen) atoms. The van der Waals surface area contributed by atoms with Crippen LogP contribution in [0, 0.1) is 12.8 Å². The summed E-state index contributed by atoms with van der Waals surface area (Å²) in [6, 6.07) is 25.0. The van der Waals surface area contributed by atoms with Crippen molar-refractivity contribution < 1.29 is 19.4 Å². The van der Waals surface area contributed by atoms with Crippen molar-refractivity contribution in [1.29, 1.82) is 0 Å². The molecule has 0 aliphatic heterocycles. The zero-order valence-corrected chi connectivity index (χ0v) is 20.6. The maximum absolute atomic E-state index is 12.9. The Labute approximate surface area is 215 Å². The lowest BCUT2D eigenvalue weighted by Gasteiger charge is -2.24. The minimum Gasteiger partial charge on any atom is -0.507 e. The molecule has 188 valence electrons. The highest BCUT2D eigenvalue weighted by atomic mass is 16.6. The predicted molar refractivity (Wildman–Crippen MR) is 147 cm³/mol. The lowest BCUT2D eigenvalue weighted by molar-refractivity contribution is -0.111. The fourth-order valence-corrected chi connectivity index (χ4v) is 4.03. The summed E-state index contributed by atoms with van der Waals surface area (Å²) in [6.45, 7) is 3.82. The highest BCUT2D eigenvalue weighted by molar-refractivity contribution is 6.01. The average molecular weight is 496 g/mol. The molecular weight excluding hydrogens is 466 g/mol. The number of hydrogen-bond acceptors (Lipinski definition) is 5. The second kappa shape index (κ2) is 11.3. The number of anilines is 3. The first-order chi connectivity index (χ1) is 17.8. The van der Waals surface area contributed by atoms with Gasteiger partial charge in [0.05, 0.1) is 11.4 Å². The fourth-order valence-electron chi connectivity index (χ4n) is 4.03. The van der Waals surface area contributed by atoms with Crippen LogP contribution in [-0.4, -0.2) is 17.1 Å². The number of aryl methyl sites for hydroxylation is 1. The predicted octanol–water partition coefficient (Wildman–Crippen LogP) is 6.56. The third kappa shape index (κ3) is 6.27. The van der Waals surface area contributed by atoms with Crippen molar-refractivity contribution in [2.45, 2.75) is 20.0 Å². The molecule has 7 nitrogen and oxygen atoms in total. The highest BCUT2D eigenvalue weighted by Gasteiger charge is 2.25. The zero-order chi connectivity index (χ0) is 26.4. The summed E-state index contributed by atoms with van der Waals surface area (Å²) in [5.41, 5.74) is 9.27. The third-order valence-electron chi connectivity index (χ3n) is 6.02. The molecule has 0 spiro atoms. The van der Waals surface area contributed by atoms with Crippen LogP contribution in [0.1, 0.15) is 24.2 Å². The molecule has 4 aromatic rings. The number of ether oxygens (including phenoxy) is 1. The van der Waals surface area contributed by atoms with E-state index in [0.717, 1.165) is 10.9 Å². The van der Waals surface area contributed by atoms with Crippen LogP contribution in [0.25, 0.3) is 10.8 Å². The third-order valence-corrected chi connectivity index (χ3v) is 6.02. The molecule has 0 fully saturated rings. The molecule has 0 aromatic heterocycles. The number of para-hydroxylation sites is 2. The summed E-state index contributed by atoms with van der Waals surface area (Å²) in [4.78, 5) is 25.5. The molecule has 0 unspecified atom stereocenters. The SMILES string of the molecule is Cc1ccc(NC(=O)O[C@@H](c2ccc(O)c3ccccc23)[C@H](C)/C=C/C(=O)Nc2ccccc2N)cc1. The van der Waals surface area contributed by atoms with Crippen LogP contribution in [0.3, 0.4) is 0 Å². The highest BCUT2D eigenvalue weighted by Crippen LogP contribution is 2.36. The summed E-state index contributed by atoms with van der Waals surface area (Å²) >= 11 is 0. The zero-order valence-electron chi connectivity index (χ0n) is 20.6. The van der Waals surface area contributed by atoms with Gasteiger partial charge in [-0.15, -0.1) is 0 Å². The molecular formula is C30H29N3O4. The van der Waals surface area contributed by atoms with Crippen molar-refractivity contribution in [2.75, 3.05) is 16.4 Å². The summed E-state index contributed by atoms with van der Waals surface area (Å²) in [7, 11) is 0. The van der Waals surface area contributed by atoms with E-state index in [1.807, 2.05) is 44.2 Å². The van der Waals surface area contributed by atoms with Gasteiger partial charge in [0.2, 0.25) is 5.91 Å². The number of carbonyl (C=O) groups is 2. The van der Waals surface area contributed by atoms with Gasteiger partial charge in [-0.1, -0.05) is 73.2 Å². The minimum atomic E-state index is -0.748. The van der Waals surface area contributed by atoms with Crippen molar-refractivity contribution in [3.63, 3.8) is 0 Å². The molecule has 0 aliphatic carbocycles. The van der Waals surface area contributed by atoms with Gasteiger partial charge in [-0.05, 0) is 48.7 Å². The number of hydrogen-bond donors (Lipinski definition) is 4. The van der Waals surface area contributed by atoms with E-state index in [1.54, 1.807) is 60.7 Å². The molecule has 0 saturated carbocycles. The van der Waals surface area contributed by atoms with Crippen LogP contribution in [0.5, 0.6) is 5.75 Å². The smallest absolute Gasteiger partial charge is 0.412 e. The first-order valence-electron chi connectivity index (χ1n) is 11.9. The summed E-state index contributed by atoms with van der Waals surface area (Å²) in [5.74, 6) is -0.621. The number of fused-ring (bicyclic) bond motifs is 1. The summed E-state index contributed by atoms with van der Waals surface area (Å²) < 4.78 is 5.92. The van der Waals surface area contributed by atoms with Crippen molar-refractivity contribution in [3.8, 4) is 5.75 Å². The van der Waals surface area contributed by atoms with E-state index in [9.17, 15) is 14.7 Å². The van der Waals surface area contributed by atoms with Gasteiger partial charge in [-0.25, -0.2) is 4.79 Å². The molecule has 0 aliphatic rings. The number of nitrogens with one attached hydrogen (secondary N) is 2. The maximum atomic E-state index is 12.9. The van der Waals surface area contributed by atoms with Gasteiger partial charge in [-0.2, -0.15) is 0 Å². The molecule has 4 aromatic carbocycles. The number of nitrogen functional groups attached to an aromatic ring is 1. The quantitative estimate of drug-likeness (QED) is 0.171. The van der Waals surface area contributed by atoms with Gasteiger partial charge in [0.15, 0.2) is 0 Å². The average Bonchev–Trinajstić information content (AvgIpc) is 2.89. The van der Waals surface area contributed by atoms with Crippen LogP contribution in [0.2, 0.25) is 0 Å². The number of benzene rings is 4. The van der Waals surface area contributed by atoms with E-state index < -0.39 is 18.1 Å². The van der Waals surface area contributed by atoms with E-state index >= 15 is 0 Å². The van der Waals surface area contributed by atoms with Crippen LogP contribution in [0.15, 0.2) is 97.1 Å². The number of carbonyl (C=O) groups excluding carboxylic acids is 2. The van der Waals surface area contributed by atoms with Gasteiger partial charge in [0, 0.05) is 22.6 Å². The molecule has 5 N–H and O–H groups in total. The number of amides is 2. The molecule has 0 bridgehead atoms. The second-order valence-corrected chi connectivity index (χ2v) is 8.83. The molecule has 0 saturated heterocycles. The van der Waals surface area contributed by atoms with Gasteiger partial charge in [-0.3, -0.25) is 10.1 Å². The molecule has 2 amide bonds. The van der Waals surface area contributed by atoms with Gasteiger partial charge in [0.25, 0.3) is 0 Å². The normalized spacial score (nSPS) is 12.7. The van der Waals surface area contributed by atoms with Crippen molar-refractivity contribution >= 4 is 39.8 Å². The number of phenolic OH excluding ortho intramolecular Hbond substituents is 1. The largest absolute Gasteiger partial charge is 0.507 e. The van der Waals surface area contributed by atoms with Crippen LogP contribution < -0.4 is 16.4 Å². The summed E-state index contributed by atoms with van der Waals surface area (Å²) in [5, 5.41) is 17.3. The van der Waals surface area contributed by atoms with Crippen molar-refractivity contribution in [2.24, 2.45) is 5.92 Å². The van der Waals surface area contributed by atoms with Gasteiger partial charge >= 0.3 is 6.09 Å². The molecule has 7 heteroatoms. The maximum Gasteiger partial charge on any atom is 0.412 e. The van der Waals surface area contributed by atoms with Crippen molar-refractivity contribution in [1.82, 2.24) is 0 Å².